The summed E-state index contributed by atoms with van der Waals surface area (Å²) >= 11 is 0. The average Bonchev–Trinajstić information content (AvgIpc) is 3.89. The zero-order chi connectivity index (χ0) is 35.9. The SMILES string of the molecule is Cc1c(Nc2nccc3cc(CN4CC[C@@H](O)C4)cnc23)cccc1-c1cccc(-c2nc3cc(CN4CC[C@@H](C(=O)[O-])C4)cc(C#N)c3o2)c1C.[K+]. The number of nitrogens with zero attached hydrogens (tertiary/aromatic N) is 6. The molecule has 12 heteroatoms. The maximum Gasteiger partial charge on any atom is 1.00 e. The van der Waals surface area contributed by atoms with E-state index >= 15 is 0 Å². The minimum atomic E-state index is -1.02. The van der Waals surface area contributed by atoms with Crippen LogP contribution in [0.2, 0.25) is 0 Å². The fraction of sp³-hybridized carbons (Fsp3) is 0.293. The van der Waals surface area contributed by atoms with Crippen LogP contribution < -0.4 is 61.8 Å². The molecule has 11 nitrogen and oxygen atoms in total. The van der Waals surface area contributed by atoms with Crippen LogP contribution in [0.15, 0.2) is 77.5 Å². The van der Waals surface area contributed by atoms with Crippen molar-refractivity contribution in [2.24, 2.45) is 5.92 Å². The van der Waals surface area contributed by atoms with E-state index in [0.717, 1.165) is 75.0 Å². The molecule has 53 heavy (non-hydrogen) atoms. The summed E-state index contributed by atoms with van der Waals surface area (Å²) in [5.74, 6) is -0.388. The first-order valence-corrected chi connectivity index (χ1v) is 17.6. The normalized spacial score (nSPS) is 17.6. The van der Waals surface area contributed by atoms with Gasteiger partial charge in [-0.2, -0.15) is 5.26 Å². The Hall–Kier alpha value is -4.03. The van der Waals surface area contributed by atoms with E-state index in [-0.39, 0.29) is 57.5 Å². The number of oxazole rings is 1. The van der Waals surface area contributed by atoms with Gasteiger partial charge in [0.1, 0.15) is 17.1 Å². The quantitative estimate of drug-likeness (QED) is 0.211. The summed E-state index contributed by atoms with van der Waals surface area (Å²) in [6.45, 7) is 8.06. The first-order valence-electron chi connectivity index (χ1n) is 17.6. The molecule has 0 amide bonds. The van der Waals surface area contributed by atoms with E-state index in [0.29, 0.717) is 61.0 Å². The van der Waals surface area contributed by atoms with Gasteiger partial charge in [0.05, 0.1) is 11.7 Å². The van der Waals surface area contributed by atoms with Crippen molar-refractivity contribution in [2.75, 3.05) is 31.5 Å². The molecule has 0 unspecified atom stereocenters. The second-order valence-corrected chi connectivity index (χ2v) is 14.0. The Balaban J connectivity index is 0.00000435. The molecular formula is C41H38KN7O4. The van der Waals surface area contributed by atoms with Crippen LogP contribution in [0.5, 0.6) is 0 Å². The molecule has 0 radical (unpaired) electrons. The Morgan fingerprint density at radius 3 is 2.45 bits per heavy atom. The van der Waals surface area contributed by atoms with Crippen LogP contribution in [0.3, 0.4) is 0 Å². The third-order valence-corrected chi connectivity index (χ3v) is 10.4. The van der Waals surface area contributed by atoms with Crippen molar-refractivity contribution >= 4 is 39.5 Å². The molecule has 5 heterocycles. The fourth-order valence-electron chi connectivity index (χ4n) is 7.65. The minimum Gasteiger partial charge on any atom is -0.550 e. The number of fused-ring (bicyclic) bond motifs is 2. The number of pyridine rings is 2. The smallest absolute Gasteiger partial charge is 0.550 e. The van der Waals surface area contributed by atoms with Crippen molar-refractivity contribution in [3.8, 4) is 28.7 Å². The second kappa shape index (κ2) is 15.7. The number of β-amino-alcohol motifs (C(OH)–C–C–N with tert-alkyl or cyclic N) is 1. The molecule has 2 fully saturated rings. The van der Waals surface area contributed by atoms with Crippen LogP contribution in [-0.4, -0.2) is 68.1 Å². The van der Waals surface area contributed by atoms with Gasteiger partial charge in [0, 0.05) is 73.6 Å². The van der Waals surface area contributed by atoms with Gasteiger partial charge in [-0.05, 0) is 103 Å². The van der Waals surface area contributed by atoms with Gasteiger partial charge in [0.15, 0.2) is 11.4 Å². The summed E-state index contributed by atoms with van der Waals surface area (Å²) in [5.41, 5.74) is 10.0. The second-order valence-electron chi connectivity index (χ2n) is 14.0. The number of carbonyl (C=O) groups is 1. The zero-order valence-electron chi connectivity index (χ0n) is 30.1. The van der Waals surface area contributed by atoms with Crippen LogP contribution >= 0.6 is 0 Å². The Morgan fingerprint density at radius 1 is 0.962 bits per heavy atom. The number of nitriles is 1. The zero-order valence-corrected chi connectivity index (χ0v) is 33.2. The number of aliphatic hydroxyl groups excluding tert-OH is 1. The van der Waals surface area contributed by atoms with E-state index in [9.17, 15) is 20.3 Å². The summed E-state index contributed by atoms with van der Waals surface area (Å²) in [5, 5.41) is 35.8. The Labute approximate surface area is 350 Å². The van der Waals surface area contributed by atoms with Crippen molar-refractivity contribution in [3.05, 3.63) is 101 Å². The summed E-state index contributed by atoms with van der Waals surface area (Å²) in [4.78, 5) is 30.0. The Morgan fingerprint density at radius 2 is 1.70 bits per heavy atom. The molecule has 3 aromatic carbocycles. The van der Waals surface area contributed by atoms with Crippen molar-refractivity contribution in [1.82, 2.24) is 24.8 Å². The average molecular weight is 732 g/mol. The predicted molar refractivity (Wildman–Crippen MR) is 196 cm³/mol. The molecule has 2 atom stereocenters. The van der Waals surface area contributed by atoms with Gasteiger partial charge >= 0.3 is 51.4 Å². The number of carboxylic acids is 1. The first kappa shape index (κ1) is 37.3. The number of carbonyl (C=O) groups excluding carboxylic acids is 1. The summed E-state index contributed by atoms with van der Waals surface area (Å²) in [6, 6.07) is 22.3. The van der Waals surface area contributed by atoms with Gasteiger partial charge in [-0.25, -0.2) is 9.97 Å². The van der Waals surface area contributed by atoms with E-state index in [1.54, 1.807) is 12.3 Å². The minimum absolute atomic E-state index is 0. The largest absolute Gasteiger partial charge is 1.00 e. The van der Waals surface area contributed by atoms with Crippen molar-refractivity contribution in [2.45, 2.75) is 45.9 Å². The van der Waals surface area contributed by atoms with Crippen LogP contribution in [0.4, 0.5) is 11.5 Å². The third-order valence-electron chi connectivity index (χ3n) is 10.4. The van der Waals surface area contributed by atoms with Crippen molar-refractivity contribution < 1.29 is 70.8 Å². The number of hydrogen-bond acceptors (Lipinski definition) is 11. The monoisotopic (exact) mass is 731 g/mol. The van der Waals surface area contributed by atoms with Gasteiger partial charge in [-0.3, -0.25) is 14.8 Å². The number of nitrogens with one attached hydrogen (secondary N) is 1. The Kier molecular flexibility index (Phi) is 11.1. The number of likely N-dealkylation sites (tertiary alicyclic amines) is 2. The molecule has 0 saturated carbocycles. The van der Waals surface area contributed by atoms with E-state index in [1.165, 1.54) is 0 Å². The number of benzene rings is 3. The van der Waals surface area contributed by atoms with Gasteiger partial charge in [0.25, 0.3) is 0 Å². The maximum absolute atomic E-state index is 11.3. The molecule has 3 aromatic heterocycles. The molecule has 2 aliphatic rings. The molecule has 8 rings (SSSR count). The summed E-state index contributed by atoms with van der Waals surface area (Å²) in [6.07, 6.45) is 4.80. The predicted octanol–water partition coefficient (Wildman–Crippen LogP) is 2.48. The van der Waals surface area contributed by atoms with E-state index in [2.05, 4.69) is 51.3 Å². The number of anilines is 2. The maximum atomic E-state index is 11.3. The molecule has 6 aromatic rings. The standard InChI is InChI=1S/C41H39N7O4.K/c1-24-32(5-3-7-34(24)40-46-36-17-26(15-30(18-42)38(36)52-40)20-47-13-10-29(22-47)41(50)51)33-6-4-8-35(25(33)2)45-39-37-28(9-12-43-39)16-27(19-44-37)21-48-14-11-31(49)23-48;/h3-9,12,15-17,19,29,31,49H,10-11,13-14,20-23H2,1-2H3,(H,43,45)(H,50,51);/q;+1/p-1/t29-,31-;/m1./s1. The number of aliphatic carboxylic acids is 1. The fourth-order valence-corrected chi connectivity index (χ4v) is 7.65. The van der Waals surface area contributed by atoms with Gasteiger partial charge in [-0.1, -0.05) is 24.3 Å². The molecule has 2 saturated heterocycles. The molecule has 0 bridgehead atoms. The summed E-state index contributed by atoms with van der Waals surface area (Å²) in [7, 11) is 0. The first-order chi connectivity index (χ1) is 25.2. The molecule has 0 spiro atoms. The van der Waals surface area contributed by atoms with Crippen LogP contribution in [0.25, 0.3) is 44.6 Å². The number of carboxylic acid groups (broad SMARTS) is 1. The molecule has 2 aliphatic heterocycles. The van der Waals surface area contributed by atoms with Crippen LogP contribution in [0, 0.1) is 31.1 Å². The van der Waals surface area contributed by atoms with E-state index < -0.39 is 11.9 Å². The van der Waals surface area contributed by atoms with Crippen LogP contribution in [-0.2, 0) is 17.9 Å². The van der Waals surface area contributed by atoms with Gasteiger partial charge in [-0.15, -0.1) is 0 Å². The van der Waals surface area contributed by atoms with E-state index in [1.807, 2.05) is 49.5 Å². The van der Waals surface area contributed by atoms with E-state index in [4.69, 9.17) is 14.4 Å². The molecule has 2 N–H and O–H groups in total. The molecule has 262 valence electrons. The van der Waals surface area contributed by atoms with Crippen molar-refractivity contribution in [1.29, 1.82) is 5.26 Å². The molecule has 0 aliphatic carbocycles. The molecular weight excluding hydrogens is 694 g/mol. The van der Waals surface area contributed by atoms with Gasteiger partial charge < -0.3 is 24.7 Å². The number of aromatic nitrogens is 3. The topological polar surface area (TPSA) is 154 Å². The van der Waals surface area contributed by atoms with Crippen LogP contribution in [0.1, 0.15) is 40.7 Å². The third kappa shape index (κ3) is 7.67. The Bertz CT molecular complexity index is 2390. The van der Waals surface area contributed by atoms with Gasteiger partial charge in [0.2, 0.25) is 5.89 Å². The number of rotatable bonds is 9. The van der Waals surface area contributed by atoms with Crippen molar-refractivity contribution in [3.63, 3.8) is 0 Å². The number of hydrogen-bond donors (Lipinski definition) is 2. The summed E-state index contributed by atoms with van der Waals surface area (Å²) < 4.78 is 6.27. The number of aliphatic hydroxyl groups is 1.